The SMILES string of the molecule is CCN(CC)C(=O)/C(C=NC)=C/N. The van der Waals surface area contributed by atoms with E-state index in [1.165, 1.54) is 12.4 Å². The minimum Gasteiger partial charge on any atom is -0.404 e. The molecule has 0 radical (unpaired) electrons. The van der Waals surface area contributed by atoms with Crippen molar-refractivity contribution in [3.05, 3.63) is 11.8 Å². The zero-order valence-electron chi connectivity index (χ0n) is 8.45. The van der Waals surface area contributed by atoms with E-state index < -0.39 is 0 Å². The Balaban J connectivity index is 4.54. The van der Waals surface area contributed by atoms with Crippen LogP contribution in [0.5, 0.6) is 0 Å². The molecule has 0 aromatic rings. The lowest BCUT2D eigenvalue weighted by Gasteiger charge is -2.18. The quantitative estimate of drug-likeness (QED) is 0.506. The molecule has 4 nitrogen and oxygen atoms in total. The van der Waals surface area contributed by atoms with Gasteiger partial charge in [-0.2, -0.15) is 0 Å². The summed E-state index contributed by atoms with van der Waals surface area (Å²) in [5, 5.41) is 0. The molecule has 13 heavy (non-hydrogen) atoms. The Labute approximate surface area is 79.1 Å². The van der Waals surface area contributed by atoms with Crippen molar-refractivity contribution in [2.24, 2.45) is 10.7 Å². The summed E-state index contributed by atoms with van der Waals surface area (Å²) in [5.74, 6) is -0.0712. The first-order valence-electron chi connectivity index (χ1n) is 4.34. The lowest BCUT2D eigenvalue weighted by Crippen LogP contribution is -2.32. The normalized spacial score (nSPS) is 12.1. The molecule has 0 saturated carbocycles. The second kappa shape index (κ2) is 6.22. The van der Waals surface area contributed by atoms with E-state index in [1.807, 2.05) is 13.8 Å². The molecule has 0 aliphatic rings. The summed E-state index contributed by atoms with van der Waals surface area (Å²) >= 11 is 0. The van der Waals surface area contributed by atoms with E-state index in [2.05, 4.69) is 4.99 Å². The Hall–Kier alpha value is -1.32. The van der Waals surface area contributed by atoms with Gasteiger partial charge >= 0.3 is 0 Å². The minimum absolute atomic E-state index is 0.0712. The van der Waals surface area contributed by atoms with Crippen molar-refractivity contribution in [1.29, 1.82) is 0 Å². The number of rotatable bonds is 4. The summed E-state index contributed by atoms with van der Waals surface area (Å²) in [6.07, 6.45) is 2.76. The highest BCUT2D eigenvalue weighted by molar-refractivity contribution is 6.11. The van der Waals surface area contributed by atoms with Crippen molar-refractivity contribution in [2.45, 2.75) is 13.8 Å². The van der Waals surface area contributed by atoms with E-state index in [1.54, 1.807) is 11.9 Å². The Kier molecular flexibility index (Phi) is 5.59. The van der Waals surface area contributed by atoms with Gasteiger partial charge in [0, 0.05) is 32.6 Å². The fourth-order valence-electron chi connectivity index (χ4n) is 1.00. The average molecular weight is 183 g/mol. The first-order valence-corrected chi connectivity index (χ1v) is 4.34. The van der Waals surface area contributed by atoms with Crippen LogP contribution in [0.4, 0.5) is 0 Å². The fourth-order valence-corrected chi connectivity index (χ4v) is 1.00. The van der Waals surface area contributed by atoms with Gasteiger partial charge in [-0.1, -0.05) is 0 Å². The largest absolute Gasteiger partial charge is 0.404 e. The number of nitrogens with two attached hydrogens (primary N) is 1. The lowest BCUT2D eigenvalue weighted by molar-refractivity contribution is -0.126. The standard InChI is InChI=1S/C9H17N3O/c1-4-12(5-2)9(13)8(6-10)7-11-3/h6-7H,4-5,10H2,1-3H3/b8-6+,11-7?. The van der Waals surface area contributed by atoms with E-state index in [9.17, 15) is 4.79 Å². The predicted molar refractivity (Wildman–Crippen MR) is 54.6 cm³/mol. The summed E-state index contributed by atoms with van der Waals surface area (Å²) in [7, 11) is 1.61. The highest BCUT2D eigenvalue weighted by Gasteiger charge is 2.12. The number of hydrogen-bond acceptors (Lipinski definition) is 3. The van der Waals surface area contributed by atoms with Crippen LogP contribution in [0.15, 0.2) is 16.8 Å². The topological polar surface area (TPSA) is 58.7 Å². The third-order valence-corrected chi connectivity index (χ3v) is 1.75. The molecule has 2 N–H and O–H groups in total. The molecule has 0 spiro atoms. The summed E-state index contributed by atoms with van der Waals surface area (Å²) in [6, 6.07) is 0. The zero-order valence-corrected chi connectivity index (χ0v) is 8.45. The summed E-state index contributed by atoms with van der Waals surface area (Å²) in [6.45, 7) is 5.23. The van der Waals surface area contributed by atoms with Crippen LogP contribution in [0, 0.1) is 0 Å². The van der Waals surface area contributed by atoms with Crippen molar-refractivity contribution in [1.82, 2.24) is 4.90 Å². The fraction of sp³-hybridized carbons (Fsp3) is 0.556. The molecule has 0 bridgehead atoms. The van der Waals surface area contributed by atoms with E-state index in [4.69, 9.17) is 5.73 Å². The molecule has 0 saturated heterocycles. The molecule has 1 amide bonds. The van der Waals surface area contributed by atoms with Gasteiger partial charge < -0.3 is 10.6 Å². The van der Waals surface area contributed by atoms with Crippen LogP contribution in [0.1, 0.15) is 13.8 Å². The molecular weight excluding hydrogens is 166 g/mol. The molecule has 74 valence electrons. The molecule has 0 unspecified atom stereocenters. The molecule has 0 rings (SSSR count). The number of hydrogen-bond donors (Lipinski definition) is 1. The Morgan fingerprint density at radius 2 is 2.00 bits per heavy atom. The molecule has 0 aliphatic carbocycles. The van der Waals surface area contributed by atoms with Crippen LogP contribution >= 0.6 is 0 Å². The first-order chi connectivity index (χ1) is 6.21. The molecule has 0 atom stereocenters. The van der Waals surface area contributed by atoms with Crippen molar-refractivity contribution in [2.75, 3.05) is 20.1 Å². The van der Waals surface area contributed by atoms with Gasteiger partial charge in [0.2, 0.25) is 0 Å². The summed E-state index contributed by atoms with van der Waals surface area (Å²) in [4.78, 5) is 17.1. The summed E-state index contributed by atoms with van der Waals surface area (Å²) in [5.41, 5.74) is 5.74. The molecule has 0 aromatic heterocycles. The number of nitrogens with zero attached hydrogens (tertiary/aromatic N) is 2. The monoisotopic (exact) mass is 183 g/mol. The van der Waals surface area contributed by atoms with Gasteiger partial charge in [0.1, 0.15) is 0 Å². The Bertz CT molecular complexity index is 217. The van der Waals surface area contributed by atoms with Crippen LogP contribution in [0.2, 0.25) is 0 Å². The molecule has 0 fully saturated rings. The highest BCUT2D eigenvalue weighted by Crippen LogP contribution is 1.98. The number of likely N-dealkylation sites (N-methyl/N-ethyl adjacent to an activating group) is 1. The van der Waals surface area contributed by atoms with Crippen molar-refractivity contribution in [3.8, 4) is 0 Å². The molecular formula is C9H17N3O. The Morgan fingerprint density at radius 3 is 2.31 bits per heavy atom. The predicted octanol–water partition coefficient (Wildman–Crippen LogP) is 0.398. The minimum atomic E-state index is -0.0712. The van der Waals surface area contributed by atoms with E-state index in [0.717, 1.165) is 0 Å². The van der Waals surface area contributed by atoms with Crippen LogP contribution in [-0.2, 0) is 4.79 Å². The molecule has 0 aliphatic heterocycles. The summed E-state index contributed by atoms with van der Waals surface area (Å²) < 4.78 is 0. The maximum atomic E-state index is 11.6. The second-order valence-corrected chi connectivity index (χ2v) is 2.49. The Morgan fingerprint density at radius 1 is 1.46 bits per heavy atom. The second-order valence-electron chi connectivity index (χ2n) is 2.49. The van der Waals surface area contributed by atoms with Crippen LogP contribution in [0.25, 0.3) is 0 Å². The third kappa shape index (κ3) is 3.27. The van der Waals surface area contributed by atoms with Crippen LogP contribution in [0.3, 0.4) is 0 Å². The average Bonchev–Trinajstić information content (AvgIpc) is 2.15. The van der Waals surface area contributed by atoms with Gasteiger partial charge in [-0.3, -0.25) is 9.79 Å². The number of carbonyl (C=O) groups excluding carboxylic acids is 1. The number of amides is 1. The highest BCUT2D eigenvalue weighted by atomic mass is 16.2. The number of carbonyl (C=O) groups is 1. The van der Waals surface area contributed by atoms with Crippen LogP contribution in [-0.4, -0.2) is 37.2 Å². The van der Waals surface area contributed by atoms with E-state index in [0.29, 0.717) is 18.7 Å². The van der Waals surface area contributed by atoms with Crippen LogP contribution < -0.4 is 5.73 Å². The molecule has 0 heterocycles. The van der Waals surface area contributed by atoms with Gasteiger partial charge in [0.05, 0.1) is 5.57 Å². The van der Waals surface area contributed by atoms with Gasteiger partial charge in [-0.15, -0.1) is 0 Å². The van der Waals surface area contributed by atoms with E-state index in [-0.39, 0.29) is 5.91 Å². The lowest BCUT2D eigenvalue weighted by atomic mass is 10.2. The smallest absolute Gasteiger partial charge is 0.256 e. The van der Waals surface area contributed by atoms with Gasteiger partial charge in [-0.25, -0.2) is 0 Å². The van der Waals surface area contributed by atoms with Gasteiger partial charge in [-0.05, 0) is 13.8 Å². The molecule has 0 aromatic carbocycles. The third-order valence-electron chi connectivity index (χ3n) is 1.75. The molecule has 4 heteroatoms. The van der Waals surface area contributed by atoms with Crippen molar-refractivity contribution < 1.29 is 4.79 Å². The maximum absolute atomic E-state index is 11.6. The van der Waals surface area contributed by atoms with Gasteiger partial charge in [0.15, 0.2) is 0 Å². The zero-order chi connectivity index (χ0) is 10.3. The van der Waals surface area contributed by atoms with E-state index >= 15 is 0 Å². The first kappa shape index (κ1) is 11.7. The van der Waals surface area contributed by atoms with Crippen molar-refractivity contribution in [3.63, 3.8) is 0 Å². The number of aliphatic imine (C=N–C) groups is 1. The van der Waals surface area contributed by atoms with Crippen molar-refractivity contribution >= 4 is 12.1 Å². The van der Waals surface area contributed by atoms with Gasteiger partial charge in [0.25, 0.3) is 5.91 Å². The maximum Gasteiger partial charge on any atom is 0.256 e.